The second-order valence-corrected chi connectivity index (χ2v) is 4.35. The SMILES string of the molecule is Cc1c[nH]c(C)[n+]1C.O=S(=O)([O-])C(F)(F)F. The van der Waals surface area contributed by atoms with Gasteiger partial charge in [-0.05, 0) is 0 Å². The van der Waals surface area contributed by atoms with E-state index in [1.807, 2.05) is 20.2 Å². The zero-order chi connectivity index (χ0) is 13.1. The molecule has 0 saturated carbocycles. The molecule has 0 unspecified atom stereocenters. The Morgan fingerprint density at radius 3 is 1.81 bits per heavy atom. The number of hydrogen-bond donors (Lipinski definition) is 1. The third kappa shape index (κ3) is 4.19. The third-order valence-corrected chi connectivity index (χ3v) is 2.37. The Balaban J connectivity index is 0.000000281. The molecular formula is C7H11F3N2O3S. The minimum absolute atomic E-state index is 1.20. The summed E-state index contributed by atoms with van der Waals surface area (Å²) in [5, 5.41) is 0. The zero-order valence-corrected chi connectivity index (χ0v) is 9.61. The van der Waals surface area contributed by atoms with Crippen LogP contribution in [0.3, 0.4) is 0 Å². The van der Waals surface area contributed by atoms with Crippen molar-refractivity contribution in [1.29, 1.82) is 0 Å². The second-order valence-electron chi connectivity index (χ2n) is 2.97. The number of hydrogen-bond acceptors (Lipinski definition) is 3. The minimum Gasteiger partial charge on any atom is -0.741 e. The Labute approximate surface area is 90.7 Å². The topological polar surface area (TPSA) is 76.9 Å². The van der Waals surface area contributed by atoms with E-state index in [1.54, 1.807) is 0 Å². The van der Waals surface area contributed by atoms with Gasteiger partial charge in [-0.1, -0.05) is 0 Å². The van der Waals surface area contributed by atoms with Gasteiger partial charge in [0.2, 0.25) is 0 Å². The fourth-order valence-corrected chi connectivity index (χ4v) is 0.667. The Morgan fingerprint density at radius 1 is 1.38 bits per heavy atom. The van der Waals surface area contributed by atoms with Crippen molar-refractivity contribution in [2.75, 3.05) is 0 Å². The van der Waals surface area contributed by atoms with Gasteiger partial charge in [-0.3, -0.25) is 0 Å². The molecule has 0 atom stereocenters. The molecule has 0 spiro atoms. The van der Waals surface area contributed by atoms with Crippen LogP contribution in [0.15, 0.2) is 6.20 Å². The average Bonchev–Trinajstić information content (AvgIpc) is 2.34. The lowest BCUT2D eigenvalue weighted by atomic mass is 10.5. The number of nitrogens with one attached hydrogen (secondary N) is 1. The molecule has 16 heavy (non-hydrogen) atoms. The van der Waals surface area contributed by atoms with Crippen molar-refractivity contribution in [3.8, 4) is 0 Å². The Kier molecular flexibility index (Phi) is 4.50. The van der Waals surface area contributed by atoms with Gasteiger partial charge < -0.3 is 4.55 Å². The predicted octanol–water partition coefficient (Wildman–Crippen LogP) is 0.507. The lowest BCUT2D eigenvalue weighted by molar-refractivity contribution is -0.682. The lowest BCUT2D eigenvalue weighted by Gasteiger charge is -2.08. The van der Waals surface area contributed by atoms with Crippen LogP contribution >= 0.6 is 0 Å². The number of nitrogens with zero attached hydrogens (tertiary/aromatic N) is 1. The molecule has 5 nitrogen and oxygen atoms in total. The molecule has 0 saturated heterocycles. The predicted molar refractivity (Wildman–Crippen MR) is 47.2 cm³/mol. The van der Waals surface area contributed by atoms with Gasteiger partial charge in [-0.15, -0.1) is 0 Å². The molecule has 9 heteroatoms. The largest absolute Gasteiger partial charge is 0.741 e. The fraction of sp³-hybridized carbons (Fsp3) is 0.571. The van der Waals surface area contributed by atoms with Crippen molar-refractivity contribution in [1.82, 2.24) is 4.98 Å². The smallest absolute Gasteiger partial charge is 0.485 e. The molecule has 0 bridgehead atoms. The van der Waals surface area contributed by atoms with Gasteiger partial charge in [0.25, 0.3) is 5.82 Å². The number of aromatic amines is 1. The maximum Gasteiger partial charge on any atom is 0.485 e. The van der Waals surface area contributed by atoms with E-state index in [-0.39, 0.29) is 0 Å². The summed E-state index contributed by atoms with van der Waals surface area (Å²) >= 11 is 0. The van der Waals surface area contributed by atoms with Crippen LogP contribution in [0.1, 0.15) is 11.5 Å². The van der Waals surface area contributed by atoms with Crippen LogP contribution in [0.2, 0.25) is 0 Å². The van der Waals surface area contributed by atoms with Crippen LogP contribution in [0.25, 0.3) is 0 Å². The van der Waals surface area contributed by atoms with Gasteiger partial charge in [0.05, 0.1) is 7.05 Å². The van der Waals surface area contributed by atoms with Crippen molar-refractivity contribution < 1.29 is 30.7 Å². The first-order chi connectivity index (χ1) is 6.97. The van der Waals surface area contributed by atoms with Crippen LogP contribution < -0.4 is 4.57 Å². The van der Waals surface area contributed by atoms with E-state index in [9.17, 15) is 13.2 Å². The highest BCUT2D eigenvalue weighted by atomic mass is 32.2. The molecule has 0 fully saturated rings. The molecule has 94 valence electrons. The number of alkyl halides is 3. The summed E-state index contributed by atoms with van der Waals surface area (Å²) in [6, 6.07) is 0. The van der Waals surface area contributed by atoms with Gasteiger partial charge in [0.15, 0.2) is 10.1 Å². The number of H-pyrrole nitrogens is 1. The summed E-state index contributed by atoms with van der Waals surface area (Å²) < 4.78 is 61.0. The van der Waals surface area contributed by atoms with E-state index in [0.29, 0.717) is 0 Å². The third-order valence-electron chi connectivity index (χ3n) is 1.81. The molecule has 0 aromatic carbocycles. The fourth-order valence-electron chi connectivity index (χ4n) is 0.667. The first-order valence-electron chi connectivity index (χ1n) is 3.99. The van der Waals surface area contributed by atoms with Crippen LogP contribution in [0, 0.1) is 13.8 Å². The standard InChI is InChI=1S/C6H10N2.CHF3O3S/c1-5-4-7-6(2)8(5)3;2-1(3,4)8(5,6)7/h4H,1-3H3;(H,5,6,7). The maximum absolute atomic E-state index is 10.7. The van der Waals surface area contributed by atoms with Crippen LogP contribution in [0.4, 0.5) is 13.2 Å². The summed E-state index contributed by atoms with van der Waals surface area (Å²) in [6.07, 6.45) is 2.00. The average molecular weight is 260 g/mol. The molecule has 1 N–H and O–H groups in total. The zero-order valence-electron chi connectivity index (χ0n) is 8.79. The monoisotopic (exact) mass is 260 g/mol. The van der Waals surface area contributed by atoms with Gasteiger partial charge >= 0.3 is 5.51 Å². The van der Waals surface area contributed by atoms with Crippen LogP contribution in [-0.4, -0.2) is 23.5 Å². The van der Waals surface area contributed by atoms with Crippen molar-refractivity contribution in [3.05, 3.63) is 17.7 Å². The highest BCUT2D eigenvalue weighted by Gasteiger charge is 2.36. The highest BCUT2D eigenvalue weighted by molar-refractivity contribution is 7.86. The molecule has 1 aromatic rings. The number of halogens is 3. The molecule has 1 heterocycles. The summed E-state index contributed by atoms with van der Waals surface area (Å²) in [6.45, 7) is 4.12. The van der Waals surface area contributed by atoms with E-state index in [4.69, 9.17) is 13.0 Å². The molecule has 1 rings (SSSR count). The number of rotatable bonds is 0. The van der Waals surface area contributed by atoms with Crippen molar-refractivity contribution in [2.45, 2.75) is 19.4 Å². The molecule has 0 amide bonds. The maximum atomic E-state index is 10.7. The lowest BCUT2D eigenvalue weighted by Crippen LogP contribution is -2.31. The summed E-state index contributed by atoms with van der Waals surface area (Å²) in [4.78, 5) is 3.10. The first kappa shape index (κ1) is 14.9. The summed E-state index contributed by atoms with van der Waals surface area (Å²) in [5.74, 6) is 1.20. The minimum atomic E-state index is -6.09. The molecular weight excluding hydrogens is 249 g/mol. The molecule has 0 aliphatic rings. The summed E-state index contributed by atoms with van der Waals surface area (Å²) in [5.41, 5.74) is -4.38. The van der Waals surface area contributed by atoms with Gasteiger partial charge in [0, 0.05) is 13.8 Å². The molecule has 0 aliphatic heterocycles. The van der Waals surface area contributed by atoms with Gasteiger partial charge in [-0.25, -0.2) is 18.0 Å². The van der Waals surface area contributed by atoms with E-state index in [0.717, 1.165) is 0 Å². The Hall–Kier alpha value is -1.09. The number of aryl methyl sites for hydroxylation is 2. The Bertz CT molecular complexity index is 430. The van der Waals surface area contributed by atoms with Crippen molar-refractivity contribution in [2.24, 2.45) is 7.05 Å². The Morgan fingerprint density at radius 2 is 1.75 bits per heavy atom. The van der Waals surface area contributed by atoms with Crippen LogP contribution in [0.5, 0.6) is 0 Å². The van der Waals surface area contributed by atoms with Crippen molar-refractivity contribution >= 4 is 10.1 Å². The second kappa shape index (κ2) is 4.83. The first-order valence-corrected chi connectivity index (χ1v) is 5.40. The van der Waals surface area contributed by atoms with E-state index < -0.39 is 15.6 Å². The molecule has 0 radical (unpaired) electrons. The normalized spacial score (nSPS) is 11.9. The molecule has 0 aliphatic carbocycles. The number of aromatic nitrogens is 2. The van der Waals surface area contributed by atoms with Gasteiger partial charge in [-0.2, -0.15) is 13.2 Å². The quantitative estimate of drug-likeness (QED) is 0.419. The van der Waals surface area contributed by atoms with E-state index in [1.165, 1.54) is 11.5 Å². The van der Waals surface area contributed by atoms with Gasteiger partial charge in [0.1, 0.15) is 11.9 Å². The number of imidazole rings is 1. The summed E-state index contributed by atoms with van der Waals surface area (Å²) in [7, 11) is -4.05. The molecule has 1 aromatic heterocycles. The van der Waals surface area contributed by atoms with Crippen LogP contribution in [-0.2, 0) is 17.2 Å². The van der Waals surface area contributed by atoms with E-state index >= 15 is 0 Å². The van der Waals surface area contributed by atoms with E-state index in [2.05, 4.69) is 16.5 Å². The van der Waals surface area contributed by atoms with Crippen molar-refractivity contribution in [3.63, 3.8) is 0 Å². The highest BCUT2D eigenvalue weighted by Crippen LogP contribution is 2.20.